The van der Waals surface area contributed by atoms with E-state index in [0.717, 1.165) is 141 Å². The van der Waals surface area contributed by atoms with E-state index in [1.165, 1.54) is 51.4 Å². The van der Waals surface area contributed by atoms with Gasteiger partial charge in [-0.2, -0.15) is 0 Å². The van der Waals surface area contributed by atoms with Gasteiger partial charge in [-0.15, -0.1) is 0 Å². The van der Waals surface area contributed by atoms with Crippen LogP contribution in [0.25, 0.3) is 0 Å². The molecule has 0 aliphatic heterocycles. The molecule has 18 heteroatoms. The predicted octanol–water partition coefficient (Wildman–Crippen LogP) is 17.5. The lowest BCUT2D eigenvalue weighted by atomic mass is 10.1. The molecule has 4 N–H and O–H groups in total. The van der Waals surface area contributed by atoms with Crippen molar-refractivity contribution in [3.05, 3.63) is 97.2 Å². The number of unbranched alkanes of at least 4 members (excludes halogenated alkanes) is 22. The van der Waals surface area contributed by atoms with Crippen LogP contribution in [0.4, 0.5) is 0 Å². The molecule has 0 spiro atoms. The second kappa shape index (κ2) is 60.7. The van der Waals surface area contributed by atoms with E-state index in [0.29, 0.717) is 19.3 Å². The van der Waals surface area contributed by atoms with Crippen molar-refractivity contribution in [2.75, 3.05) is 39.6 Å². The summed E-state index contributed by atoms with van der Waals surface area (Å²) in [6.45, 7) is 2.44. The fourth-order valence-electron chi connectivity index (χ4n) is 8.27. The first-order valence-electron chi connectivity index (χ1n) is 32.5. The second-order valence-electron chi connectivity index (χ2n) is 21.5. The van der Waals surface area contributed by atoms with Crippen LogP contribution in [-0.2, 0) is 55.8 Å². The summed E-state index contributed by atoms with van der Waals surface area (Å²) in [7, 11) is -9.78. The molecule has 0 aromatic heterocycles. The maximum Gasteiger partial charge on any atom is 0.472 e. The Morgan fingerprint density at radius 1 is 0.341 bits per heavy atom. The number of aliphatic hydroxyl groups excluding tert-OH is 2. The molecular weight excluding hydrogens is 1120 g/mol. The lowest BCUT2D eigenvalue weighted by Crippen LogP contribution is -2.30. The Labute approximate surface area is 514 Å². The molecule has 0 aliphatic rings. The van der Waals surface area contributed by atoms with Gasteiger partial charge in [0.2, 0.25) is 0 Å². The van der Waals surface area contributed by atoms with Gasteiger partial charge in [-0.05, 0) is 122 Å². The molecule has 0 heterocycles. The number of hydrogen-bond donors (Lipinski definition) is 4. The first-order chi connectivity index (χ1) is 41.2. The highest BCUT2D eigenvalue weighted by Crippen LogP contribution is 2.45. The number of ether oxygens (including phenoxy) is 3. The zero-order chi connectivity index (χ0) is 62.4. The van der Waals surface area contributed by atoms with Crippen LogP contribution in [-0.4, -0.2) is 95.9 Å². The summed E-state index contributed by atoms with van der Waals surface area (Å²) in [5.41, 5.74) is 0. The fraction of sp³-hybridized carbons (Fsp3) is 0.716. The normalized spacial score (nSPS) is 15.0. The van der Waals surface area contributed by atoms with E-state index in [4.69, 9.17) is 32.3 Å². The number of phosphoric acid groups is 2. The van der Waals surface area contributed by atoms with Crippen molar-refractivity contribution in [2.45, 2.75) is 270 Å². The molecule has 85 heavy (non-hydrogen) atoms. The number of carbonyl (C=O) groups excluding carboxylic acids is 3. The summed E-state index contributed by atoms with van der Waals surface area (Å²) in [5.74, 6) is -1.62. The fourth-order valence-corrected chi connectivity index (χ4v) is 9.85. The molecule has 0 bridgehead atoms. The number of allylic oxidation sites excluding steroid dienone is 16. The molecule has 0 rings (SSSR count). The van der Waals surface area contributed by atoms with Crippen molar-refractivity contribution in [2.24, 2.45) is 0 Å². The van der Waals surface area contributed by atoms with Crippen LogP contribution >= 0.6 is 15.6 Å². The van der Waals surface area contributed by atoms with E-state index < -0.39 is 91.5 Å². The lowest BCUT2D eigenvalue weighted by molar-refractivity contribution is -0.161. The van der Waals surface area contributed by atoms with Gasteiger partial charge in [-0.1, -0.05) is 208 Å². The molecule has 0 aliphatic carbocycles. The van der Waals surface area contributed by atoms with Crippen LogP contribution in [0, 0.1) is 0 Å². The Morgan fingerprint density at radius 2 is 0.624 bits per heavy atom. The van der Waals surface area contributed by atoms with Crippen LogP contribution in [0.5, 0.6) is 0 Å². The Hall–Kier alpha value is -3.53. The zero-order valence-corrected chi connectivity index (χ0v) is 54.5. The molecule has 0 aromatic carbocycles. The van der Waals surface area contributed by atoms with Gasteiger partial charge in [0.1, 0.15) is 25.4 Å². The van der Waals surface area contributed by atoms with Gasteiger partial charge in [-0.25, -0.2) is 9.13 Å². The van der Waals surface area contributed by atoms with Gasteiger partial charge in [-0.3, -0.25) is 32.5 Å². The monoisotopic (exact) mass is 1240 g/mol. The highest BCUT2D eigenvalue weighted by atomic mass is 31.2. The molecule has 16 nitrogen and oxygen atoms in total. The number of esters is 3. The maximum absolute atomic E-state index is 12.9. The smallest absolute Gasteiger partial charge is 0.463 e. The van der Waals surface area contributed by atoms with E-state index in [9.17, 15) is 43.5 Å². The van der Waals surface area contributed by atoms with E-state index >= 15 is 0 Å². The third kappa shape index (κ3) is 61.9. The predicted molar refractivity (Wildman–Crippen MR) is 344 cm³/mol. The second-order valence-corrected chi connectivity index (χ2v) is 24.4. The first kappa shape index (κ1) is 81.5. The summed E-state index contributed by atoms with van der Waals surface area (Å²) in [4.78, 5) is 58.2. The number of hydrogen-bond acceptors (Lipinski definition) is 14. The van der Waals surface area contributed by atoms with E-state index in [1.54, 1.807) is 0 Å². The van der Waals surface area contributed by atoms with Gasteiger partial charge in [0.15, 0.2) is 6.10 Å². The molecule has 490 valence electrons. The average Bonchev–Trinajstić information content (AvgIpc) is 3.51. The van der Waals surface area contributed by atoms with Crippen molar-refractivity contribution in [3.63, 3.8) is 0 Å². The Bertz CT molecular complexity index is 1940. The van der Waals surface area contributed by atoms with Crippen LogP contribution < -0.4 is 0 Å². The SMILES string of the molecule is CC/C=C\C/C=C\C/C=C\CCCCCCCC(=O)OCC(COP(=O)(O)OCC(O)COP(=O)(O)OCC(O)COC(=O)CCCCCCC/C=C\C/C=C\C/C=C\C/C=C\CCCCC)OC(=O)CCCCCCC/C=C\CCCCCC. The van der Waals surface area contributed by atoms with Crippen molar-refractivity contribution in [1.29, 1.82) is 0 Å². The van der Waals surface area contributed by atoms with Crippen LogP contribution in [0.1, 0.15) is 252 Å². The van der Waals surface area contributed by atoms with E-state index in [1.807, 2.05) is 0 Å². The third-order valence-electron chi connectivity index (χ3n) is 13.3. The summed E-state index contributed by atoms with van der Waals surface area (Å²) < 4.78 is 60.7. The van der Waals surface area contributed by atoms with Crippen LogP contribution in [0.15, 0.2) is 97.2 Å². The molecule has 0 saturated carbocycles. The van der Waals surface area contributed by atoms with Gasteiger partial charge in [0.05, 0.1) is 26.4 Å². The first-order valence-corrected chi connectivity index (χ1v) is 35.5. The highest BCUT2D eigenvalue weighted by molar-refractivity contribution is 7.47. The number of carbonyl (C=O) groups is 3. The molecule has 0 radical (unpaired) electrons. The van der Waals surface area contributed by atoms with Gasteiger partial charge < -0.3 is 34.2 Å². The van der Waals surface area contributed by atoms with Gasteiger partial charge in [0, 0.05) is 19.3 Å². The number of phosphoric ester groups is 2. The molecule has 0 aromatic rings. The topological polar surface area (TPSA) is 231 Å². The summed E-state index contributed by atoms with van der Waals surface area (Å²) in [6.07, 6.45) is 64.6. The molecular formula is C67H116O16P2. The van der Waals surface area contributed by atoms with Gasteiger partial charge in [0.25, 0.3) is 0 Å². The largest absolute Gasteiger partial charge is 0.472 e. The zero-order valence-electron chi connectivity index (χ0n) is 52.8. The van der Waals surface area contributed by atoms with E-state index in [-0.39, 0.29) is 19.3 Å². The minimum atomic E-state index is -4.93. The van der Waals surface area contributed by atoms with Crippen molar-refractivity contribution >= 4 is 33.6 Å². The Morgan fingerprint density at radius 3 is 1.02 bits per heavy atom. The Kier molecular flexibility index (Phi) is 58.2. The van der Waals surface area contributed by atoms with E-state index in [2.05, 4.69) is 118 Å². The van der Waals surface area contributed by atoms with Crippen LogP contribution in [0.2, 0.25) is 0 Å². The van der Waals surface area contributed by atoms with Gasteiger partial charge >= 0.3 is 33.6 Å². The molecule has 5 unspecified atom stereocenters. The highest BCUT2D eigenvalue weighted by Gasteiger charge is 2.29. The minimum Gasteiger partial charge on any atom is -0.463 e. The standard InChI is InChI=1S/C67H116O16P2/c1-4-7-10-13-16-19-22-25-27-28-29-30-31-32-34-37-38-41-44-47-50-53-65(70)77-56-62(68)57-79-84(73,74)80-58-63(69)59-81-85(75,76)82-61-64(83-67(72)55-52-49-46-43-40-35-24-21-18-15-12-9-6-3)60-78-66(71)54-51-48-45-42-39-36-33-26-23-20-17-14-11-8-5-2/h8,11,16-17,19-21,24-27,29-30,32-34,62-64,68-69H,4-7,9-10,12-15,18,22-23,28,31,35-61H2,1-3H3,(H,73,74)(H,75,76)/b11-8-,19-16-,20-17-,24-21-,27-25-,30-29-,33-26-,34-32-. The summed E-state index contributed by atoms with van der Waals surface area (Å²) >= 11 is 0. The van der Waals surface area contributed by atoms with Crippen molar-refractivity contribution in [1.82, 2.24) is 0 Å². The lowest BCUT2D eigenvalue weighted by Gasteiger charge is -2.21. The molecule has 0 amide bonds. The van der Waals surface area contributed by atoms with Crippen molar-refractivity contribution < 1.29 is 75.8 Å². The molecule has 0 saturated heterocycles. The van der Waals surface area contributed by atoms with Crippen molar-refractivity contribution in [3.8, 4) is 0 Å². The summed E-state index contributed by atoms with van der Waals surface area (Å²) in [5, 5.41) is 20.5. The Balaban J connectivity index is 4.64. The minimum absolute atomic E-state index is 0.0891. The average molecular weight is 1240 g/mol. The summed E-state index contributed by atoms with van der Waals surface area (Å²) in [6, 6.07) is 0. The number of rotatable bonds is 61. The number of aliphatic hydroxyl groups is 2. The molecule has 5 atom stereocenters. The quantitative estimate of drug-likeness (QED) is 0.0146. The van der Waals surface area contributed by atoms with Crippen LogP contribution in [0.3, 0.4) is 0 Å². The maximum atomic E-state index is 12.9. The third-order valence-corrected chi connectivity index (χ3v) is 15.2. The molecule has 0 fully saturated rings.